The van der Waals surface area contributed by atoms with Gasteiger partial charge in [-0.25, -0.2) is 10.4 Å². The first kappa shape index (κ1) is 24.7. The number of methoxy groups -OCH3 is 1. The zero-order valence-electron chi connectivity index (χ0n) is 19.1. The summed E-state index contributed by atoms with van der Waals surface area (Å²) in [7, 11) is 1.57. The largest absolute Gasteiger partial charge is 0.495 e. The van der Waals surface area contributed by atoms with Crippen LogP contribution in [0.25, 0.3) is 0 Å². The van der Waals surface area contributed by atoms with E-state index >= 15 is 0 Å². The van der Waals surface area contributed by atoms with Crippen molar-refractivity contribution in [3.05, 3.63) is 41.9 Å². The third-order valence-electron chi connectivity index (χ3n) is 6.20. The van der Waals surface area contributed by atoms with Crippen LogP contribution in [-0.2, 0) is 6.42 Å². The van der Waals surface area contributed by atoms with Gasteiger partial charge in [-0.15, -0.1) is 0 Å². The summed E-state index contributed by atoms with van der Waals surface area (Å²) in [5.74, 6) is 1.38. The molecule has 0 spiro atoms. The maximum Gasteiger partial charge on any atom is 0.405 e. The Bertz CT molecular complexity index is 906. The van der Waals surface area contributed by atoms with Crippen LogP contribution in [0.15, 0.2) is 36.3 Å². The molecule has 0 bridgehead atoms. The number of pyridine rings is 1. The van der Waals surface area contributed by atoms with E-state index in [1.54, 1.807) is 25.6 Å². The molecule has 2 aliphatic rings. The summed E-state index contributed by atoms with van der Waals surface area (Å²) in [6.07, 6.45) is 6.10. The average molecular weight is 465 g/mol. The highest BCUT2D eigenvalue weighted by Crippen LogP contribution is 2.34. The summed E-state index contributed by atoms with van der Waals surface area (Å²) >= 11 is 0. The summed E-state index contributed by atoms with van der Waals surface area (Å²) in [5.41, 5.74) is 6.32. The van der Waals surface area contributed by atoms with E-state index in [0.29, 0.717) is 17.5 Å². The van der Waals surface area contributed by atoms with Crippen LogP contribution >= 0.6 is 0 Å². The Labute approximate surface area is 192 Å². The van der Waals surface area contributed by atoms with Crippen LogP contribution in [-0.4, -0.2) is 42.4 Å². The number of anilines is 1. The van der Waals surface area contributed by atoms with Gasteiger partial charge in [0.15, 0.2) is 0 Å². The molecule has 3 unspecified atom stereocenters. The lowest BCUT2D eigenvalue weighted by Crippen LogP contribution is -2.54. The number of aromatic nitrogens is 1. The number of halogens is 3. The van der Waals surface area contributed by atoms with Crippen molar-refractivity contribution in [1.82, 2.24) is 21.2 Å². The van der Waals surface area contributed by atoms with Gasteiger partial charge in [-0.05, 0) is 44.7 Å². The van der Waals surface area contributed by atoms with Crippen LogP contribution in [0.1, 0.15) is 45.1 Å². The number of nitrogens with zero attached hydrogens (tertiary/aromatic N) is 3. The molecule has 3 atom stereocenters. The van der Waals surface area contributed by atoms with E-state index in [-0.39, 0.29) is 24.9 Å². The predicted octanol–water partition coefficient (Wildman–Crippen LogP) is 3.71. The first-order chi connectivity index (χ1) is 15.8. The zero-order valence-corrected chi connectivity index (χ0v) is 19.1. The van der Waals surface area contributed by atoms with Gasteiger partial charge < -0.3 is 20.4 Å². The molecule has 1 aliphatic carbocycles. The Kier molecular flexibility index (Phi) is 8.08. The molecule has 3 rings (SSSR count). The summed E-state index contributed by atoms with van der Waals surface area (Å²) in [6, 6.07) is 2.66. The molecule has 180 valence electrons. The van der Waals surface area contributed by atoms with E-state index in [0.717, 1.165) is 30.6 Å². The molecule has 0 radical (unpaired) electrons. The second-order valence-electron chi connectivity index (χ2n) is 8.35. The molecular formula is C23H31F3N6O. The topological polar surface area (TPSA) is 85.2 Å². The molecule has 0 amide bonds. The quantitative estimate of drug-likeness (QED) is 0.455. The molecule has 2 heterocycles. The number of alkyl halides is 3. The summed E-state index contributed by atoms with van der Waals surface area (Å²) < 4.78 is 44.1. The molecule has 0 saturated heterocycles. The van der Waals surface area contributed by atoms with E-state index in [9.17, 15) is 18.4 Å². The van der Waals surface area contributed by atoms with E-state index in [1.807, 2.05) is 12.1 Å². The molecule has 7 nitrogen and oxygen atoms in total. The van der Waals surface area contributed by atoms with Gasteiger partial charge in [-0.3, -0.25) is 0 Å². The highest BCUT2D eigenvalue weighted by atomic mass is 19.4. The number of nitrogens with one attached hydrogen (secondary N) is 3. The average Bonchev–Trinajstić information content (AvgIpc) is 2.76. The van der Waals surface area contributed by atoms with Crippen molar-refractivity contribution >= 4 is 5.82 Å². The van der Waals surface area contributed by atoms with Gasteiger partial charge in [0.05, 0.1) is 43.6 Å². The fourth-order valence-corrected chi connectivity index (χ4v) is 4.04. The second-order valence-corrected chi connectivity index (χ2v) is 8.35. The van der Waals surface area contributed by atoms with Gasteiger partial charge in [-0.2, -0.15) is 18.4 Å². The van der Waals surface area contributed by atoms with Gasteiger partial charge in [0, 0.05) is 17.8 Å². The fraction of sp³-hybridized carbons (Fsp3) is 0.565. The molecular weight excluding hydrogens is 433 g/mol. The smallest absolute Gasteiger partial charge is 0.405 e. The highest BCUT2D eigenvalue weighted by Gasteiger charge is 2.38. The first-order valence-electron chi connectivity index (χ1n) is 11.2. The Morgan fingerprint density at radius 3 is 2.67 bits per heavy atom. The molecule has 33 heavy (non-hydrogen) atoms. The van der Waals surface area contributed by atoms with Crippen LogP contribution in [0.4, 0.5) is 19.0 Å². The zero-order chi connectivity index (χ0) is 24.0. The van der Waals surface area contributed by atoms with E-state index in [4.69, 9.17) is 4.74 Å². The van der Waals surface area contributed by atoms with Gasteiger partial charge in [-0.1, -0.05) is 13.0 Å². The van der Waals surface area contributed by atoms with Crippen molar-refractivity contribution in [2.24, 2.45) is 0 Å². The predicted molar refractivity (Wildman–Crippen MR) is 120 cm³/mol. The number of nitriles is 1. The molecule has 10 heteroatoms. The number of rotatable bonds is 10. The van der Waals surface area contributed by atoms with Gasteiger partial charge in [0.2, 0.25) is 0 Å². The fourth-order valence-electron chi connectivity index (χ4n) is 4.04. The Balaban J connectivity index is 1.73. The SMILES string of the molecule is CCC(NNC1=CNC(C(C)N(c2ncc(OC)cc2CC#N)C2CCC2)C=C1)C(F)(F)F. The maximum absolute atomic E-state index is 12.9. The molecule has 1 aromatic heterocycles. The van der Waals surface area contributed by atoms with Crippen LogP contribution in [0.2, 0.25) is 0 Å². The standard InChI is InChI=1S/C23H31F3N6O/c1-4-21(23(24,25)26)31-30-17-8-9-20(28-13-17)15(2)32(18-6-5-7-18)22-16(10-11-27)12-19(33-3)14-29-22/h8-9,12-15,18,20-21,28,30-31H,4-7,10H2,1-3H3. The van der Waals surface area contributed by atoms with E-state index < -0.39 is 12.2 Å². The third-order valence-corrected chi connectivity index (χ3v) is 6.20. The van der Waals surface area contributed by atoms with Crippen molar-refractivity contribution in [1.29, 1.82) is 5.26 Å². The lowest BCUT2D eigenvalue weighted by atomic mass is 9.88. The van der Waals surface area contributed by atoms with Crippen molar-refractivity contribution in [3.8, 4) is 11.8 Å². The van der Waals surface area contributed by atoms with Crippen molar-refractivity contribution in [2.45, 2.75) is 76.3 Å². The Morgan fingerprint density at radius 1 is 1.39 bits per heavy atom. The minimum Gasteiger partial charge on any atom is -0.495 e. The van der Waals surface area contributed by atoms with E-state index in [1.165, 1.54) is 6.92 Å². The van der Waals surface area contributed by atoms with Crippen LogP contribution < -0.4 is 25.8 Å². The van der Waals surface area contributed by atoms with Crippen LogP contribution in [0, 0.1) is 11.3 Å². The summed E-state index contributed by atoms with van der Waals surface area (Å²) in [5, 5.41) is 12.6. The van der Waals surface area contributed by atoms with Gasteiger partial charge in [0.25, 0.3) is 0 Å². The van der Waals surface area contributed by atoms with Crippen LogP contribution in [0.5, 0.6) is 5.75 Å². The normalized spacial score (nSPS) is 20.0. The lowest BCUT2D eigenvalue weighted by Gasteiger charge is -2.45. The minimum absolute atomic E-state index is 0.00536. The summed E-state index contributed by atoms with van der Waals surface area (Å²) in [4.78, 5) is 6.90. The first-order valence-corrected chi connectivity index (χ1v) is 11.2. The van der Waals surface area contributed by atoms with Crippen molar-refractivity contribution in [2.75, 3.05) is 12.0 Å². The monoisotopic (exact) mass is 464 g/mol. The molecule has 0 aromatic carbocycles. The Hall–Kier alpha value is -2.93. The molecule has 1 aliphatic heterocycles. The number of hydrogen-bond acceptors (Lipinski definition) is 7. The van der Waals surface area contributed by atoms with Gasteiger partial charge >= 0.3 is 6.18 Å². The van der Waals surface area contributed by atoms with Gasteiger partial charge in [0.1, 0.15) is 17.6 Å². The van der Waals surface area contributed by atoms with Crippen LogP contribution in [0.3, 0.4) is 0 Å². The van der Waals surface area contributed by atoms with E-state index in [2.05, 4.69) is 39.0 Å². The molecule has 1 aromatic rings. The Morgan fingerprint density at radius 2 is 2.15 bits per heavy atom. The summed E-state index contributed by atoms with van der Waals surface area (Å²) in [6.45, 7) is 3.57. The second kappa shape index (κ2) is 10.8. The number of hydrazine groups is 1. The van der Waals surface area contributed by atoms with Crippen molar-refractivity contribution < 1.29 is 17.9 Å². The maximum atomic E-state index is 12.9. The molecule has 1 saturated carbocycles. The minimum atomic E-state index is -4.32. The molecule has 1 fully saturated rings. The number of dihydropyridines is 1. The number of hydrogen-bond donors (Lipinski definition) is 3. The lowest BCUT2D eigenvalue weighted by molar-refractivity contribution is -0.158. The number of ether oxygens (including phenoxy) is 1. The van der Waals surface area contributed by atoms with Crippen molar-refractivity contribution in [3.63, 3.8) is 0 Å². The highest BCUT2D eigenvalue weighted by molar-refractivity contribution is 5.53. The third kappa shape index (κ3) is 5.90. The molecule has 3 N–H and O–H groups in total. The number of allylic oxidation sites excluding steroid dienone is 1.